The first-order chi connectivity index (χ1) is 15.3. The molecule has 0 aromatic heterocycles. The fraction of sp³-hybridized carbons (Fsp3) is 0.154. The van der Waals surface area contributed by atoms with E-state index >= 15 is 0 Å². The molecule has 1 aliphatic heterocycles. The van der Waals surface area contributed by atoms with Gasteiger partial charge in [-0.05, 0) is 28.8 Å². The summed E-state index contributed by atoms with van der Waals surface area (Å²) in [5.74, 6) is 0. The van der Waals surface area contributed by atoms with Gasteiger partial charge in [0.2, 0.25) is 0 Å². The Bertz CT molecular complexity index is 1060. The van der Waals surface area contributed by atoms with Gasteiger partial charge in [0.05, 0.1) is 24.9 Å². The Morgan fingerprint density at radius 3 is 2.13 bits per heavy atom. The van der Waals surface area contributed by atoms with Gasteiger partial charge in [-0.3, -0.25) is 9.69 Å². The first-order valence-corrected chi connectivity index (χ1v) is 10.1. The van der Waals surface area contributed by atoms with Gasteiger partial charge >= 0.3 is 6.09 Å². The fourth-order valence-electron chi connectivity index (χ4n) is 3.58. The summed E-state index contributed by atoms with van der Waals surface area (Å²) >= 11 is 0. The van der Waals surface area contributed by atoms with E-state index in [1.165, 1.54) is 4.90 Å². The molecular weight excluding hydrogens is 390 g/mol. The maximum Gasteiger partial charge on any atom is 0.415 e. The van der Waals surface area contributed by atoms with Crippen molar-refractivity contribution in [3.05, 3.63) is 107 Å². The van der Waals surface area contributed by atoms with Crippen LogP contribution in [0.1, 0.15) is 16.7 Å². The third-order valence-electron chi connectivity index (χ3n) is 5.14. The summed E-state index contributed by atoms with van der Waals surface area (Å²) in [6, 6.07) is 26.2. The summed E-state index contributed by atoms with van der Waals surface area (Å²) in [5, 5.41) is 0. The normalized spacial score (nSPS) is 15.0. The topological polar surface area (TPSA) is 55.8 Å². The Balaban J connectivity index is 1.55. The van der Waals surface area contributed by atoms with Crippen molar-refractivity contribution in [2.75, 3.05) is 11.5 Å². The second-order valence-electron chi connectivity index (χ2n) is 7.25. The fourth-order valence-corrected chi connectivity index (χ4v) is 3.58. The van der Waals surface area contributed by atoms with Gasteiger partial charge in [0.25, 0.3) is 0 Å². The molecule has 0 saturated heterocycles. The summed E-state index contributed by atoms with van der Waals surface area (Å²) in [5.41, 5.74) is 3.88. The van der Waals surface area contributed by atoms with Crippen LogP contribution < -0.4 is 4.90 Å². The molecule has 0 saturated carbocycles. The van der Waals surface area contributed by atoms with E-state index in [1.54, 1.807) is 6.08 Å². The number of nitrogens with zero attached hydrogens (tertiary/aromatic N) is 1. The van der Waals surface area contributed by atoms with E-state index in [9.17, 15) is 9.59 Å². The van der Waals surface area contributed by atoms with Crippen LogP contribution in [0, 0.1) is 0 Å². The van der Waals surface area contributed by atoms with Crippen molar-refractivity contribution < 1.29 is 19.1 Å². The minimum atomic E-state index is -0.570. The first kappa shape index (κ1) is 20.6. The molecule has 0 fully saturated rings. The molecule has 0 radical (unpaired) electrons. The standard InChI is InChI=1S/C26H23NO4/c28-16-23-15-22-13-7-8-14-24(22)27(26(29)31-18-21-11-5-2-6-12-21)25(23)19-30-17-20-9-3-1-4-10-20/h1-16,25H,17-19H2/t25-/m1/s1. The lowest BCUT2D eigenvalue weighted by Gasteiger charge is -2.35. The van der Waals surface area contributed by atoms with Gasteiger partial charge in [-0.2, -0.15) is 0 Å². The van der Waals surface area contributed by atoms with Gasteiger partial charge < -0.3 is 9.47 Å². The number of hydrogen-bond acceptors (Lipinski definition) is 4. The Labute approximate surface area is 181 Å². The van der Waals surface area contributed by atoms with E-state index in [-0.39, 0.29) is 13.2 Å². The highest BCUT2D eigenvalue weighted by Crippen LogP contribution is 2.33. The van der Waals surface area contributed by atoms with Crippen LogP contribution in [0.2, 0.25) is 0 Å². The van der Waals surface area contributed by atoms with Crippen molar-refractivity contribution >= 4 is 24.1 Å². The molecule has 0 spiro atoms. The van der Waals surface area contributed by atoms with Gasteiger partial charge in [-0.15, -0.1) is 0 Å². The van der Waals surface area contributed by atoms with Gasteiger partial charge in [-0.1, -0.05) is 78.9 Å². The Hall–Kier alpha value is -3.70. The number of fused-ring (bicyclic) bond motifs is 1. The van der Waals surface area contributed by atoms with Crippen LogP contribution in [0.4, 0.5) is 10.5 Å². The van der Waals surface area contributed by atoms with Gasteiger partial charge in [0.15, 0.2) is 0 Å². The summed E-state index contributed by atoms with van der Waals surface area (Å²) in [6.07, 6.45) is 2.07. The van der Waals surface area contributed by atoms with Crippen LogP contribution >= 0.6 is 0 Å². The van der Waals surface area contributed by atoms with Crippen molar-refractivity contribution in [2.24, 2.45) is 0 Å². The summed E-state index contributed by atoms with van der Waals surface area (Å²) in [7, 11) is 0. The van der Waals surface area contributed by atoms with E-state index in [0.717, 1.165) is 23.0 Å². The van der Waals surface area contributed by atoms with Crippen LogP contribution in [0.5, 0.6) is 0 Å². The second kappa shape index (κ2) is 9.87. The third kappa shape index (κ3) is 4.90. The number of rotatable bonds is 7. The van der Waals surface area contributed by atoms with Crippen LogP contribution in [-0.2, 0) is 27.5 Å². The molecule has 156 valence electrons. The third-order valence-corrected chi connectivity index (χ3v) is 5.14. The average Bonchev–Trinajstić information content (AvgIpc) is 2.83. The van der Waals surface area contributed by atoms with Gasteiger partial charge in [-0.25, -0.2) is 4.79 Å². The molecule has 5 heteroatoms. The number of anilines is 1. The zero-order chi connectivity index (χ0) is 21.5. The molecule has 0 N–H and O–H groups in total. The largest absolute Gasteiger partial charge is 0.444 e. The highest BCUT2D eigenvalue weighted by molar-refractivity contribution is 5.99. The second-order valence-corrected chi connectivity index (χ2v) is 7.25. The first-order valence-electron chi connectivity index (χ1n) is 10.1. The molecule has 0 aliphatic carbocycles. The lowest BCUT2D eigenvalue weighted by Crippen LogP contribution is -2.47. The van der Waals surface area contributed by atoms with Gasteiger partial charge in [0, 0.05) is 5.57 Å². The molecule has 3 aromatic rings. The van der Waals surface area contributed by atoms with E-state index in [0.29, 0.717) is 17.9 Å². The summed E-state index contributed by atoms with van der Waals surface area (Å²) in [4.78, 5) is 26.5. The number of ether oxygens (including phenoxy) is 2. The molecule has 3 aromatic carbocycles. The number of para-hydroxylation sites is 1. The van der Waals surface area contributed by atoms with E-state index in [4.69, 9.17) is 9.47 Å². The highest BCUT2D eigenvalue weighted by atomic mass is 16.6. The summed E-state index contributed by atoms with van der Waals surface area (Å²) < 4.78 is 11.5. The molecule has 4 rings (SSSR count). The van der Waals surface area contributed by atoms with Crippen molar-refractivity contribution in [1.29, 1.82) is 0 Å². The van der Waals surface area contributed by atoms with E-state index < -0.39 is 12.1 Å². The molecule has 31 heavy (non-hydrogen) atoms. The molecule has 1 heterocycles. The lowest BCUT2D eigenvalue weighted by atomic mass is 9.97. The van der Waals surface area contributed by atoms with Crippen LogP contribution in [-0.4, -0.2) is 25.0 Å². The lowest BCUT2D eigenvalue weighted by molar-refractivity contribution is -0.105. The van der Waals surface area contributed by atoms with Crippen LogP contribution in [0.15, 0.2) is 90.5 Å². The number of carbonyl (C=O) groups excluding carboxylic acids is 2. The van der Waals surface area contributed by atoms with Crippen molar-refractivity contribution in [3.8, 4) is 0 Å². The van der Waals surface area contributed by atoms with Crippen molar-refractivity contribution in [2.45, 2.75) is 19.3 Å². The number of benzene rings is 3. The molecule has 0 unspecified atom stereocenters. The number of amides is 1. The molecule has 1 atom stereocenters. The molecule has 0 bridgehead atoms. The SMILES string of the molecule is O=CC1=Cc2ccccc2N(C(=O)OCc2ccccc2)[C@@H]1COCc1ccccc1. The number of carbonyl (C=O) groups is 2. The molecular formula is C26H23NO4. The minimum Gasteiger partial charge on any atom is -0.444 e. The Morgan fingerprint density at radius 2 is 1.45 bits per heavy atom. The number of hydrogen-bond donors (Lipinski definition) is 0. The monoisotopic (exact) mass is 413 g/mol. The molecule has 5 nitrogen and oxygen atoms in total. The van der Waals surface area contributed by atoms with Crippen LogP contribution in [0.3, 0.4) is 0 Å². The minimum absolute atomic E-state index is 0.149. The maximum absolute atomic E-state index is 13.1. The van der Waals surface area contributed by atoms with Gasteiger partial charge in [0.1, 0.15) is 12.9 Å². The predicted molar refractivity (Wildman–Crippen MR) is 119 cm³/mol. The average molecular weight is 413 g/mol. The Morgan fingerprint density at radius 1 is 0.839 bits per heavy atom. The zero-order valence-corrected chi connectivity index (χ0v) is 17.0. The maximum atomic E-state index is 13.1. The predicted octanol–water partition coefficient (Wildman–Crippen LogP) is 5.01. The van der Waals surface area contributed by atoms with Crippen LogP contribution in [0.25, 0.3) is 6.08 Å². The molecule has 1 amide bonds. The number of aldehydes is 1. The van der Waals surface area contributed by atoms with Crippen molar-refractivity contribution in [3.63, 3.8) is 0 Å². The smallest absolute Gasteiger partial charge is 0.415 e. The summed E-state index contributed by atoms with van der Waals surface area (Å²) in [6.45, 7) is 0.711. The van der Waals surface area contributed by atoms with E-state index in [2.05, 4.69) is 0 Å². The van der Waals surface area contributed by atoms with Crippen molar-refractivity contribution in [1.82, 2.24) is 0 Å². The Kier molecular flexibility index (Phi) is 6.55. The molecule has 1 aliphatic rings. The highest BCUT2D eigenvalue weighted by Gasteiger charge is 2.34. The zero-order valence-electron chi connectivity index (χ0n) is 17.0. The van der Waals surface area contributed by atoms with E-state index in [1.807, 2.05) is 84.9 Å². The quantitative estimate of drug-likeness (QED) is 0.511.